The lowest BCUT2D eigenvalue weighted by molar-refractivity contribution is -0.121. The van der Waals surface area contributed by atoms with Crippen LogP contribution >= 0.6 is 0 Å². The van der Waals surface area contributed by atoms with Crippen LogP contribution in [0.4, 0.5) is 0 Å². The molecule has 1 fully saturated rings. The number of rotatable bonds is 3. The molecule has 5 nitrogen and oxygen atoms in total. The molecule has 0 spiro atoms. The van der Waals surface area contributed by atoms with Crippen LogP contribution < -0.4 is 5.32 Å². The average Bonchev–Trinajstić information content (AvgIpc) is 2.15. The van der Waals surface area contributed by atoms with Gasteiger partial charge < -0.3 is 15.0 Å². The van der Waals surface area contributed by atoms with Gasteiger partial charge in [0.2, 0.25) is 5.91 Å². The van der Waals surface area contributed by atoms with Gasteiger partial charge >= 0.3 is 0 Å². The highest BCUT2D eigenvalue weighted by molar-refractivity contribution is 5.77. The van der Waals surface area contributed by atoms with Crippen LogP contribution in [0.3, 0.4) is 0 Å². The van der Waals surface area contributed by atoms with Crippen molar-refractivity contribution in [1.29, 1.82) is 5.26 Å². The van der Waals surface area contributed by atoms with Crippen molar-refractivity contribution in [2.24, 2.45) is 0 Å². The summed E-state index contributed by atoms with van der Waals surface area (Å²) < 4.78 is 5.44. The second-order valence-electron chi connectivity index (χ2n) is 3.39. The second-order valence-corrected chi connectivity index (χ2v) is 3.39. The van der Waals surface area contributed by atoms with Gasteiger partial charge in [0.1, 0.15) is 6.42 Å². The SMILES string of the molecule is CN1CCOC(CNC(=O)CC#N)C1. The Morgan fingerprint density at radius 1 is 1.79 bits per heavy atom. The highest BCUT2D eigenvalue weighted by atomic mass is 16.5. The number of carbonyl (C=O) groups excluding carboxylic acids is 1. The van der Waals surface area contributed by atoms with E-state index in [0.29, 0.717) is 13.2 Å². The Morgan fingerprint density at radius 2 is 2.57 bits per heavy atom. The summed E-state index contributed by atoms with van der Waals surface area (Å²) in [6.45, 7) is 2.95. The van der Waals surface area contributed by atoms with Gasteiger partial charge in [-0.1, -0.05) is 0 Å². The molecule has 14 heavy (non-hydrogen) atoms. The Bertz CT molecular complexity index is 237. The zero-order valence-electron chi connectivity index (χ0n) is 8.32. The minimum atomic E-state index is -0.232. The maximum Gasteiger partial charge on any atom is 0.234 e. The van der Waals surface area contributed by atoms with Crippen molar-refractivity contribution < 1.29 is 9.53 Å². The van der Waals surface area contributed by atoms with E-state index >= 15 is 0 Å². The fourth-order valence-corrected chi connectivity index (χ4v) is 1.35. The number of nitrogens with one attached hydrogen (secondary N) is 1. The number of morpholine rings is 1. The maximum atomic E-state index is 11.0. The number of ether oxygens (including phenoxy) is 1. The van der Waals surface area contributed by atoms with Crippen molar-refractivity contribution in [3.8, 4) is 6.07 Å². The fraction of sp³-hybridized carbons (Fsp3) is 0.778. The third-order valence-electron chi connectivity index (χ3n) is 2.11. The average molecular weight is 197 g/mol. The van der Waals surface area contributed by atoms with Crippen molar-refractivity contribution in [1.82, 2.24) is 10.2 Å². The Hall–Kier alpha value is -1.12. The topological polar surface area (TPSA) is 65.4 Å². The van der Waals surface area contributed by atoms with Gasteiger partial charge in [0.05, 0.1) is 18.8 Å². The number of likely N-dealkylation sites (N-methyl/N-ethyl adjacent to an activating group) is 1. The molecular weight excluding hydrogens is 182 g/mol. The van der Waals surface area contributed by atoms with E-state index in [2.05, 4.69) is 10.2 Å². The van der Waals surface area contributed by atoms with Crippen LogP contribution in [0.2, 0.25) is 0 Å². The molecule has 0 saturated carbocycles. The lowest BCUT2D eigenvalue weighted by Crippen LogP contribution is -2.45. The van der Waals surface area contributed by atoms with E-state index < -0.39 is 0 Å². The van der Waals surface area contributed by atoms with Crippen molar-refractivity contribution in [2.45, 2.75) is 12.5 Å². The van der Waals surface area contributed by atoms with Gasteiger partial charge in [-0.05, 0) is 7.05 Å². The van der Waals surface area contributed by atoms with E-state index in [0.717, 1.165) is 13.1 Å². The largest absolute Gasteiger partial charge is 0.374 e. The van der Waals surface area contributed by atoms with Crippen LogP contribution in [0.1, 0.15) is 6.42 Å². The summed E-state index contributed by atoms with van der Waals surface area (Å²) in [6.07, 6.45) is -0.0286. The van der Waals surface area contributed by atoms with E-state index in [1.807, 2.05) is 7.05 Å². The van der Waals surface area contributed by atoms with Gasteiger partial charge in [0.15, 0.2) is 0 Å². The van der Waals surface area contributed by atoms with Crippen molar-refractivity contribution in [3.05, 3.63) is 0 Å². The Morgan fingerprint density at radius 3 is 3.21 bits per heavy atom. The van der Waals surface area contributed by atoms with Gasteiger partial charge in [-0.15, -0.1) is 0 Å². The van der Waals surface area contributed by atoms with E-state index in [4.69, 9.17) is 10.00 Å². The first-order valence-corrected chi connectivity index (χ1v) is 4.66. The van der Waals surface area contributed by atoms with E-state index in [1.54, 1.807) is 6.07 Å². The maximum absolute atomic E-state index is 11.0. The number of carbonyl (C=O) groups is 1. The molecule has 1 aliphatic rings. The predicted octanol–water partition coefficient (Wildman–Crippen LogP) is -0.653. The molecule has 0 aromatic rings. The third-order valence-corrected chi connectivity index (χ3v) is 2.11. The highest BCUT2D eigenvalue weighted by Crippen LogP contribution is 2.01. The van der Waals surface area contributed by atoms with E-state index in [-0.39, 0.29) is 18.4 Å². The quantitative estimate of drug-likeness (QED) is 0.652. The zero-order chi connectivity index (χ0) is 10.4. The number of nitrogens with zero attached hydrogens (tertiary/aromatic N) is 2. The third kappa shape index (κ3) is 3.73. The predicted molar refractivity (Wildman–Crippen MR) is 50.5 cm³/mol. The molecule has 1 saturated heterocycles. The first-order chi connectivity index (χ1) is 6.72. The molecule has 78 valence electrons. The van der Waals surface area contributed by atoms with Gasteiger partial charge in [-0.2, -0.15) is 5.26 Å². The normalized spacial score (nSPS) is 22.7. The zero-order valence-corrected chi connectivity index (χ0v) is 8.32. The van der Waals surface area contributed by atoms with Crippen molar-refractivity contribution >= 4 is 5.91 Å². The van der Waals surface area contributed by atoms with Gasteiger partial charge in [-0.25, -0.2) is 0 Å². The lowest BCUT2D eigenvalue weighted by atomic mass is 10.3. The van der Waals surface area contributed by atoms with Crippen LogP contribution in [0.5, 0.6) is 0 Å². The minimum Gasteiger partial charge on any atom is -0.374 e. The van der Waals surface area contributed by atoms with Crippen LogP contribution in [0, 0.1) is 11.3 Å². The molecule has 5 heteroatoms. The molecule has 1 unspecified atom stereocenters. The van der Waals surface area contributed by atoms with Crippen LogP contribution in [-0.4, -0.2) is 50.2 Å². The highest BCUT2D eigenvalue weighted by Gasteiger charge is 2.17. The van der Waals surface area contributed by atoms with E-state index in [1.165, 1.54) is 0 Å². The molecule has 0 bridgehead atoms. The van der Waals surface area contributed by atoms with Crippen molar-refractivity contribution in [2.75, 3.05) is 33.3 Å². The summed E-state index contributed by atoms with van der Waals surface area (Å²) in [5.41, 5.74) is 0. The summed E-state index contributed by atoms with van der Waals surface area (Å²) in [5.74, 6) is -0.232. The summed E-state index contributed by atoms with van der Waals surface area (Å²) in [6, 6.07) is 1.80. The second kappa shape index (κ2) is 5.58. The first-order valence-electron chi connectivity index (χ1n) is 4.66. The van der Waals surface area contributed by atoms with Gasteiger partial charge in [0.25, 0.3) is 0 Å². The Balaban J connectivity index is 2.18. The Labute approximate surface area is 83.6 Å². The van der Waals surface area contributed by atoms with Gasteiger partial charge in [-0.3, -0.25) is 4.79 Å². The molecule has 1 amide bonds. The molecule has 0 aliphatic carbocycles. The molecule has 1 atom stereocenters. The van der Waals surface area contributed by atoms with Crippen LogP contribution in [-0.2, 0) is 9.53 Å². The standard InChI is InChI=1S/C9H15N3O2/c1-12-4-5-14-8(7-12)6-11-9(13)2-3-10/h8H,2,4-7H2,1H3,(H,11,13). The first kappa shape index (κ1) is 11.0. The summed E-state index contributed by atoms with van der Waals surface area (Å²) in [5, 5.41) is 10.9. The lowest BCUT2D eigenvalue weighted by Gasteiger charge is -2.29. The number of hydrogen-bond acceptors (Lipinski definition) is 4. The molecule has 1 aliphatic heterocycles. The Kier molecular flexibility index (Phi) is 4.36. The number of amides is 1. The molecular formula is C9H15N3O2. The summed E-state index contributed by atoms with van der Waals surface area (Å²) >= 11 is 0. The molecule has 0 radical (unpaired) electrons. The molecule has 0 aromatic carbocycles. The van der Waals surface area contributed by atoms with Gasteiger partial charge in [0, 0.05) is 19.6 Å². The molecule has 1 N–H and O–H groups in total. The summed E-state index contributed by atoms with van der Waals surface area (Å²) in [4.78, 5) is 13.1. The number of hydrogen-bond donors (Lipinski definition) is 1. The van der Waals surface area contributed by atoms with E-state index in [9.17, 15) is 4.79 Å². The minimum absolute atomic E-state index is 0.0522. The molecule has 1 rings (SSSR count). The number of nitriles is 1. The molecule has 0 aromatic heterocycles. The monoisotopic (exact) mass is 197 g/mol. The van der Waals surface area contributed by atoms with Crippen molar-refractivity contribution in [3.63, 3.8) is 0 Å². The summed E-state index contributed by atoms with van der Waals surface area (Å²) in [7, 11) is 2.02. The smallest absolute Gasteiger partial charge is 0.234 e. The van der Waals surface area contributed by atoms with Crippen LogP contribution in [0.25, 0.3) is 0 Å². The fourth-order valence-electron chi connectivity index (χ4n) is 1.35. The van der Waals surface area contributed by atoms with Crippen LogP contribution in [0.15, 0.2) is 0 Å². The molecule has 1 heterocycles.